The van der Waals surface area contributed by atoms with E-state index in [4.69, 9.17) is 9.94 Å². The van der Waals surface area contributed by atoms with Crippen LogP contribution in [0.1, 0.15) is 5.56 Å². The molecule has 0 heterocycles. The van der Waals surface area contributed by atoms with E-state index in [-0.39, 0.29) is 0 Å². The average molecular weight is 208 g/mol. The fourth-order valence-electron chi connectivity index (χ4n) is 1.12. The zero-order valence-corrected chi connectivity index (χ0v) is 8.52. The summed E-state index contributed by atoms with van der Waals surface area (Å²) in [5.41, 5.74) is 1.56. The lowest BCUT2D eigenvalue weighted by atomic mass is 10.2. The Morgan fingerprint density at radius 3 is 2.93 bits per heavy atom. The van der Waals surface area contributed by atoms with Crippen molar-refractivity contribution in [2.45, 2.75) is 6.92 Å². The van der Waals surface area contributed by atoms with Crippen molar-refractivity contribution in [1.29, 1.82) is 0 Å². The SMILES string of the molecule is COc1cc(C)ccc1NC(=O)/C=N/O. The highest BCUT2D eigenvalue weighted by atomic mass is 16.5. The van der Waals surface area contributed by atoms with Crippen LogP contribution in [0.5, 0.6) is 5.75 Å². The molecule has 1 rings (SSSR count). The second kappa shape index (κ2) is 4.99. The van der Waals surface area contributed by atoms with Crippen LogP contribution in [-0.4, -0.2) is 24.4 Å². The Labute approximate surface area is 87.4 Å². The number of hydrogen-bond acceptors (Lipinski definition) is 4. The van der Waals surface area contributed by atoms with Crippen molar-refractivity contribution in [1.82, 2.24) is 0 Å². The fourth-order valence-corrected chi connectivity index (χ4v) is 1.12. The summed E-state index contributed by atoms with van der Waals surface area (Å²) < 4.78 is 5.08. The molecule has 0 spiro atoms. The molecule has 0 aliphatic rings. The van der Waals surface area contributed by atoms with E-state index in [1.807, 2.05) is 13.0 Å². The Morgan fingerprint density at radius 1 is 1.60 bits per heavy atom. The van der Waals surface area contributed by atoms with Crippen molar-refractivity contribution in [3.05, 3.63) is 23.8 Å². The lowest BCUT2D eigenvalue weighted by Crippen LogP contribution is -2.13. The van der Waals surface area contributed by atoms with Gasteiger partial charge >= 0.3 is 0 Å². The molecule has 0 saturated heterocycles. The maximum atomic E-state index is 11.1. The Bertz CT molecular complexity index is 388. The van der Waals surface area contributed by atoms with Gasteiger partial charge < -0.3 is 15.3 Å². The molecule has 0 aliphatic heterocycles. The number of rotatable bonds is 3. The van der Waals surface area contributed by atoms with Gasteiger partial charge in [0.1, 0.15) is 12.0 Å². The lowest BCUT2D eigenvalue weighted by molar-refractivity contribution is -0.110. The van der Waals surface area contributed by atoms with Crippen LogP contribution < -0.4 is 10.1 Å². The molecule has 80 valence electrons. The quantitative estimate of drug-likeness (QED) is 0.448. The number of nitrogens with one attached hydrogen (secondary N) is 1. The van der Waals surface area contributed by atoms with Crippen LogP contribution in [0.15, 0.2) is 23.4 Å². The summed E-state index contributed by atoms with van der Waals surface area (Å²) in [6.45, 7) is 1.92. The highest BCUT2D eigenvalue weighted by molar-refractivity contribution is 6.31. The van der Waals surface area contributed by atoms with Crippen molar-refractivity contribution in [2.75, 3.05) is 12.4 Å². The number of ether oxygens (including phenoxy) is 1. The van der Waals surface area contributed by atoms with Crippen LogP contribution in [0.2, 0.25) is 0 Å². The Kier molecular flexibility index (Phi) is 3.68. The van der Waals surface area contributed by atoms with Gasteiger partial charge in [0.05, 0.1) is 12.8 Å². The number of carbonyl (C=O) groups is 1. The number of methoxy groups -OCH3 is 1. The molecule has 0 atom stereocenters. The zero-order chi connectivity index (χ0) is 11.3. The fraction of sp³-hybridized carbons (Fsp3) is 0.200. The predicted octanol–water partition coefficient (Wildman–Crippen LogP) is 1.40. The molecule has 0 saturated carbocycles. The van der Waals surface area contributed by atoms with Crippen LogP contribution in [0.3, 0.4) is 0 Å². The Balaban J connectivity index is 2.89. The molecule has 5 nitrogen and oxygen atoms in total. The molecule has 0 aliphatic carbocycles. The average Bonchev–Trinajstić information content (AvgIpc) is 2.21. The minimum absolute atomic E-state index is 0.514. The Hall–Kier alpha value is -2.04. The molecule has 1 aromatic rings. The van der Waals surface area contributed by atoms with Gasteiger partial charge in [0.25, 0.3) is 5.91 Å². The number of anilines is 1. The number of nitrogens with zero attached hydrogens (tertiary/aromatic N) is 1. The van der Waals surface area contributed by atoms with E-state index in [2.05, 4.69) is 10.5 Å². The van der Waals surface area contributed by atoms with Gasteiger partial charge in [0.2, 0.25) is 0 Å². The summed E-state index contributed by atoms with van der Waals surface area (Å²) in [6, 6.07) is 5.36. The third kappa shape index (κ3) is 2.98. The number of hydrogen-bond donors (Lipinski definition) is 2. The molecule has 1 amide bonds. The van der Waals surface area contributed by atoms with E-state index in [0.29, 0.717) is 11.4 Å². The topological polar surface area (TPSA) is 70.9 Å². The monoisotopic (exact) mass is 208 g/mol. The molecule has 2 N–H and O–H groups in total. The van der Waals surface area contributed by atoms with Crippen molar-refractivity contribution < 1.29 is 14.7 Å². The van der Waals surface area contributed by atoms with Crippen LogP contribution in [0.4, 0.5) is 5.69 Å². The zero-order valence-electron chi connectivity index (χ0n) is 8.52. The minimum Gasteiger partial charge on any atom is -0.495 e. The predicted molar refractivity (Wildman–Crippen MR) is 56.6 cm³/mol. The lowest BCUT2D eigenvalue weighted by Gasteiger charge is -2.08. The number of amides is 1. The van der Waals surface area contributed by atoms with Crippen molar-refractivity contribution in [2.24, 2.45) is 5.16 Å². The molecule has 0 fully saturated rings. The van der Waals surface area contributed by atoms with Crippen molar-refractivity contribution in [3.63, 3.8) is 0 Å². The van der Waals surface area contributed by atoms with E-state index in [0.717, 1.165) is 11.8 Å². The highest BCUT2D eigenvalue weighted by Crippen LogP contribution is 2.24. The van der Waals surface area contributed by atoms with Gasteiger partial charge in [0, 0.05) is 0 Å². The molecular formula is C10H12N2O3. The van der Waals surface area contributed by atoms with E-state index < -0.39 is 5.91 Å². The summed E-state index contributed by atoms with van der Waals surface area (Å²) in [5.74, 6) is 0.0503. The number of benzene rings is 1. The van der Waals surface area contributed by atoms with Gasteiger partial charge in [-0.1, -0.05) is 11.2 Å². The first-order valence-electron chi connectivity index (χ1n) is 4.30. The van der Waals surface area contributed by atoms with Gasteiger partial charge in [0.15, 0.2) is 0 Å². The smallest absolute Gasteiger partial charge is 0.270 e. The van der Waals surface area contributed by atoms with Gasteiger partial charge in [-0.05, 0) is 24.6 Å². The maximum absolute atomic E-state index is 11.1. The van der Waals surface area contributed by atoms with Gasteiger partial charge in [-0.15, -0.1) is 0 Å². The molecule has 0 radical (unpaired) electrons. The van der Waals surface area contributed by atoms with Crippen molar-refractivity contribution >= 4 is 17.8 Å². The van der Waals surface area contributed by atoms with Crippen LogP contribution in [0.25, 0.3) is 0 Å². The summed E-state index contributed by atoms with van der Waals surface area (Å²) in [4.78, 5) is 11.1. The first kappa shape index (κ1) is 11.0. The second-order valence-electron chi connectivity index (χ2n) is 2.94. The first-order valence-corrected chi connectivity index (χ1v) is 4.30. The van der Waals surface area contributed by atoms with E-state index in [1.165, 1.54) is 7.11 Å². The largest absolute Gasteiger partial charge is 0.495 e. The molecule has 0 aromatic heterocycles. The van der Waals surface area contributed by atoms with E-state index in [1.54, 1.807) is 12.1 Å². The third-order valence-corrected chi connectivity index (χ3v) is 1.79. The van der Waals surface area contributed by atoms with E-state index in [9.17, 15) is 4.79 Å². The minimum atomic E-state index is -0.514. The van der Waals surface area contributed by atoms with Gasteiger partial charge in [-0.3, -0.25) is 4.79 Å². The highest BCUT2D eigenvalue weighted by Gasteiger charge is 2.05. The number of carbonyl (C=O) groups excluding carboxylic acids is 1. The number of oxime groups is 1. The van der Waals surface area contributed by atoms with Gasteiger partial charge in [-0.25, -0.2) is 0 Å². The second-order valence-corrected chi connectivity index (χ2v) is 2.94. The summed E-state index contributed by atoms with van der Waals surface area (Å²) in [7, 11) is 1.52. The molecule has 0 bridgehead atoms. The Morgan fingerprint density at radius 2 is 2.33 bits per heavy atom. The van der Waals surface area contributed by atoms with Gasteiger partial charge in [-0.2, -0.15) is 0 Å². The molecule has 0 unspecified atom stereocenters. The maximum Gasteiger partial charge on any atom is 0.270 e. The number of aryl methyl sites for hydroxylation is 1. The molecule has 15 heavy (non-hydrogen) atoms. The summed E-state index contributed by atoms with van der Waals surface area (Å²) >= 11 is 0. The summed E-state index contributed by atoms with van der Waals surface area (Å²) in [6.07, 6.45) is 0.777. The van der Waals surface area contributed by atoms with Crippen LogP contribution >= 0.6 is 0 Å². The summed E-state index contributed by atoms with van der Waals surface area (Å²) in [5, 5.41) is 13.3. The third-order valence-electron chi connectivity index (χ3n) is 1.79. The van der Waals surface area contributed by atoms with Crippen LogP contribution in [-0.2, 0) is 4.79 Å². The van der Waals surface area contributed by atoms with Crippen LogP contribution in [0, 0.1) is 6.92 Å². The normalized spacial score (nSPS) is 10.3. The molecular weight excluding hydrogens is 196 g/mol. The molecule has 1 aromatic carbocycles. The standard InChI is InChI=1S/C10H12N2O3/c1-7-3-4-8(9(5-7)15-2)12-10(13)6-11-14/h3-6,14H,1-2H3,(H,12,13)/b11-6+. The van der Waals surface area contributed by atoms with E-state index >= 15 is 0 Å². The molecule has 5 heteroatoms. The van der Waals surface area contributed by atoms with Crippen molar-refractivity contribution in [3.8, 4) is 5.75 Å². The first-order chi connectivity index (χ1) is 7.17.